The molecule has 0 aliphatic heterocycles. The lowest BCUT2D eigenvalue weighted by molar-refractivity contribution is 0.102. The first-order valence-corrected chi connectivity index (χ1v) is 5.59. The highest BCUT2D eigenvalue weighted by molar-refractivity contribution is 6.06. The van der Waals surface area contributed by atoms with Gasteiger partial charge in [0.25, 0.3) is 5.91 Å². The summed E-state index contributed by atoms with van der Waals surface area (Å²) in [4.78, 5) is 12.0. The minimum Gasteiger partial charge on any atom is -0.507 e. The number of nitrogens with one attached hydrogen (secondary N) is 1. The van der Waals surface area contributed by atoms with E-state index in [1.165, 1.54) is 0 Å². The van der Waals surface area contributed by atoms with Gasteiger partial charge in [0.15, 0.2) is 0 Å². The van der Waals surface area contributed by atoms with Gasteiger partial charge in [0, 0.05) is 13.2 Å². The van der Waals surface area contributed by atoms with Gasteiger partial charge in [-0.1, -0.05) is 12.1 Å². The largest absolute Gasteiger partial charge is 0.507 e. The molecule has 2 aromatic rings. The van der Waals surface area contributed by atoms with E-state index in [2.05, 4.69) is 10.4 Å². The van der Waals surface area contributed by atoms with E-state index in [1.807, 2.05) is 6.92 Å². The Kier molecular flexibility index (Phi) is 3.06. The van der Waals surface area contributed by atoms with E-state index in [0.717, 1.165) is 5.69 Å². The van der Waals surface area contributed by atoms with Crippen molar-refractivity contribution in [1.29, 1.82) is 0 Å². The van der Waals surface area contributed by atoms with Gasteiger partial charge in [-0.15, -0.1) is 0 Å². The number of hydrogen-bond donors (Lipinski definition) is 2. The lowest BCUT2D eigenvalue weighted by atomic mass is 10.1. The van der Waals surface area contributed by atoms with Crippen LogP contribution in [0, 0.1) is 13.8 Å². The molecule has 2 rings (SSSR count). The molecular weight excluding hydrogens is 230 g/mol. The average molecular weight is 245 g/mol. The number of hydrogen-bond acceptors (Lipinski definition) is 3. The summed E-state index contributed by atoms with van der Waals surface area (Å²) < 4.78 is 1.63. The quantitative estimate of drug-likeness (QED) is 0.850. The van der Waals surface area contributed by atoms with Crippen molar-refractivity contribution in [3.05, 3.63) is 41.2 Å². The second kappa shape index (κ2) is 4.52. The summed E-state index contributed by atoms with van der Waals surface area (Å²) in [5.74, 6) is -0.330. The van der Waals surface area contributed by atoms with Gasteiger partial charge < -0.3 is 10.4 Å². The van der Waals surface area contributed by atoms with Crippen LogP contribution in [0.2, 0.25) is 0 Å². The van der Waals surface area contributed by atoms with Crippen LogP contribution in [0.3, 0.4) is 0 Å². The fraction of sp³-hybridized carbons (Fsp3) is 0.231. The van der Waals surface area contributed by atoms with E-state index in [-0.39, 0.29) is 17.2 Å². The van der Waals surface area contributed by atoms with Gasteiger partial charge in [-0.2, -0.15) is 5.10 Å². The molecule has 0 saturated heterocycles. The van der Waals surface area contributed by atoms with Gasteiger partial charge in [-0.25, -0.2) is 0 Å². The Morgan fingerprint density at radius 2 is 2.11 bits per heavy atom. The van der Waals surface area contributed by atoms with Crippen molar-refractivity contribution in [3.63, 3.8) is 0 Å². The molecule has 1 aromatic carbocycles. The smallest absolute Gasteiger partial charge is 0.259 e. The highest BCUT2D eigenvalue weighted by Crippen LogP contribution is 2.23. The molecule has 0 atom stereocenters. The van der Waals surface area contributed by atoms with E-state index < -0.39 is 0 Å². The molecule has 0 aliphatic rings. The highest BCUT2D eigenvalue weighted by atomic mass is 16.3. The summed E-state index contributed by atoms with van der Waals surface area (Å²) in [6.45, 7) is 3.56. The van der Waals surface area contributed by atoms with Gasteiger partial charge in [-0.3, -0.25) is 9.48 Å². The van der Waals surface area contributed by atoms with Crippen LogP contribution in [0.1, 0.15) is 21.6 Å². The summed E-state index contributed by atoms with van der Waals surface area (Å²) in [5.41, 5.74) is 2.31. The fourth-order valence-electron chi connectivity index (χ4n) is 1.75. The number of anilines is 1. The molecule has 0 saturated carbocycles. The monoisotopic (exact) mass is 245 g/mol. The first-order chi connectivity index (χ1) is 8.49. The van der Waals surface area contributed by atoms with Crippen LogP contribution in [-0.2, 0) is 7.05 Å². The molecule has 0 aliphatic carbocycles. The van der Waals surface area contributed by atoms with Crippen molar-refractivity contribution in [1.82, 2.24) is 9.78 Å². The van der Waals surface area contributed by atoms with Crippen LogP contribution in [0.4, 0.5) is 5.69 Å². The van der Waals surface area contributed by atoms with Gasteiger partial charge in [0.2, 0.25) is 0 Å². The number of carbonyl (C=O) groups is 1. The number of phenols is 1. The molecule has 0 bridgehead atoms. The zero-order chi connectivity index (χ0) is 13.3. The number of benzene rings is 1. The van der Waals surface area contributed by atoms with E-state index in [4.69, 9.17) is 0 Å². The molecule has 18 heavy (non-hydrogen) atoms. The van der Waals surface area contributed by atoms with E-state index in [9.17, 15) is 9.90 Å². The zero-order valence-corrected chi connectivity index (χ0v) is 10.6. The predicted molar refractivity (Wildman–Crippen MR) is 68.7 cm³/mol. The zero-order valence-electron chi connectivity index (χ0n) is 10.6. The molecule has 1 heterocycles. The molecule has 0 unspecified atom stereocenters. The molecule has 0 fully saturated rings. The van der Waals surface area contributed by atoms with Crippen LogP contribution in [0.25, 0.3) is 0 Å². The lowest BCUT2D eigenvalue weighted by Crippen LogP contribution is -2.12. The molecule has 0 spiro atoms. The maximum absolute atomic E-state index is 12.0. The van der Waals surface area contributed by atoms with Crippen molar-refractivity contribution < 1.29 is 9.90 Å². The highest BCUT2D eigenvalue weighted by Gasteiger charge is 2.14. The molecule has 5 heteroatoms. The topological polar surface area (TPSA) is 67.2 Å². The number of para-hydroxylation sites is 1. The Labute approximate surface area is 105 Å². The molecule has 2 N–H and O–H groups in total. The lowest BCUT2D eigenvalue weighted by Gasteiger charge is -2.07. The van der Waals surface area contributed by atoms with E-state index in [1.54, 1.807) is 43.0 Å². The van der Waals surface area contributed by atoms with Gasteiger partial charge >= 0.3 is 0 Å². The Morgan fingerprint density at radius 3 is 2.72 bits per heavy atom. The minimum absolute atomic E-state index is 0.0107. The average Bonchev–Trinajstić information content (AvgIpc) is 2.61. The van der Waals surface area contributed by atoms with Gasteiger partial charge in [0.05, 0.1) is 16.9 Å². The summed E-state index contributed by atoms with van der Waals surface area (Å²) in [7, 11) is 1.78. The number of carbonyl (C=O) groups excluding carboxylic acids is 1. The molecule has 1 amide bonds. The van der Waals surface area contributed by atoms with Crippen LogP contribution >= 0.6 is 0 Å². The first-order valence-electron chi connectivity index (χ1n) is 5.59. The maximum Gasteiger partial charge on any atom is 0.259 e. The van der Waals surface area contributed by atoms with Crippen molar-refractivity contribution in [2.24, 2.45) is 7.05 Å². The number of rotatable bonds is 2. The van der Waals surface area contributed by atoms with Crippen LogP contribution in [0.5, 0.6) is 5.75 Å². The third-order valence-corrected chi connectivity index (χ3v) is 2.74. The number of aryl methyl sites for hydroxylation is 3. The van der Waals surface area contributed by atoms with Gasteiger partial charge in [0.1, 0.15) is 5.75 Å². The second-order valence-corrected chi connectivity index (χ2v) is 4.23. The van der Waals surface area contributed by atoms with Crippen molar-refractivity contribution in [3.8, 4) is 5.75 Å². The van der Waals surface area contributed by atoms with E-state index in [0.29, 0.717) is 11.3 Å². The van der Waals surface area contributed by atoms with E-state index >= 15 is 0 Å². The predicted octanol–water partition coefficient (Wildman–Crippen LogP) is 1.99. The minimum atomic E-state index is -0.340. The maximum atomic E-state index is 12.0. The van der Waals surface area contributed by atoms with Crippen molar-refractivity contribution in [2.45, 2.75) is 13.8 Å². The second-order valence-electron chi connectivity index (χ2n) is 4.23. The Balaban J connectivity index is 2.27. The Hall–Kier alpha value is -2.30. The normalized spacial score (nSPS) is 10.4. The number of aromatic nitrogens is 2. The number of aromatic hydroxyl groups is 1. The third kappa shape index (κ3) is 2.20. The first kappa shape index (κ1) is 12.2. The number of phenolic OH excluding ortho intramolecular Hbond substituents is 1. The molecule has 0 radical (unpaired) electrons. The molecule has 1 aromatic heterocycles. The standard InChI is InChI=1S/C13H15N3O2/c1-8-5-4-6-10(12(8)17)13(18)14-11-7-16(3)15-9(11)2/h4-7,17H,1-3H3,(H,14,18). The van der Waals surface area contributed by atoms with Crippen LogP contribution in [-0.4, -0.2) is 20.8 Å². The third-order valence-electron chi connectivity index (χ3n) is 2.74. The summed E-state index contributed by atoms with van der Waals surface area (Å²) >= 11 is 0. The summed E-state index contributed by atoms with van der Waals surface area (Å²) in [6.07, 6.45) is 1.72. The fourth-order valence-corrected chi connectivity index (χ4v) is 1.75. The summed E-state index contributed by atoms with van der Waals surface area (Å²) in [6, 6.07) is 5.07. The summed E-state index contributed by atoms with van der Waals surface area (Å²) in [5, 5.41) is 16.7. The molecule has 5 nitrogen and oxygen atoms in total. The Morgan fingerprint density at radius 1 is 1.39 bits per heavy atom. The van der Waals surface area contributed by atoms with Crippen molar-refractivity contribution in [2.75, 3.05) is 5.32 Å². The van der Waals surface area contributed by atoms with Crippen LogP contribution < -0.4 is 5.32 Å². The number of amides is 1. The van der Waals surface area contributed by atoms with Crippen molar-refractivity contribution >= 4 is 11.6 Å². The molecular formula is C13H15N3O2. The SMILES string of the molecule is Cc1cccc(C(=O)Nc2cn(C)nc2C)c1O. The van der Waals surface area contributed by atoms with Gasteiger partial charge in [-0.05, 0) is 25.5 Å². The van der Waals surface area contributed by atoms with Crippen LogP contribution in [0.15, 0.2) is 24.4 Å². The Bertz CT molecular complexity index is 602. The molecule has 94 valence electrons. The number of nitrogens with zero attached hydrogens (tertiary/aromatic N) is 2.